The van der Waals surface area contributed by atoms with Gasteiger partial charge in [0.2, 0.25) is 6.79 Å². The van der Waals surface area contributed by atoms with Crippen molar-refractivity contribution < 1.29 is 19.0 Å². The topological polar surface area (TPSA) is 68.8 Å². The summed E-state index contributed by atoms with van der Waals surface area (Å²) in [5, 5.41) is 7.49. The molecule has 1 aromatic heterocycles. The first-order chi connectivity index (χ1) is 13.2. The number of hydrogen-bond donors (Lipinski definition) is 2. The average molecular weight is 405 g/mol. The van der Waals surface area contributed by atoms with Gasteiger partial charge in [0.05, 0.1) is 12.2 Å². The van der Waals surface area contributed by atoms with Gasteiger partial charge < -0.3 is 24.8 Å². The van der Waals surface area contributed by atoms with Gasteiger partial charge in [0.25, 0.3) is 0 Å². The first kappa shape index (κ1) is 18.1. The lowest BCUT2D eigenvalue weighted by molar-refractivity contribution is 0.0526. The van der Waals surface area contributed by atoms with Crippen molar-refractivity contribution in [2.75, 3.05) is 24.0 Å². The molecule has 1 aromatic carbocycles. The number of thiophene rings is 1. The summed E-state index contributed by atoms with van der Waals surface area (Å²) in [7, 11) is 0. The standard InChI is InChI=1S/C19H20N2O4S2/c1-2-23-18(22)16-12-5-3-4-6-15(12)27-17(16)21-19(26)20-11-7-8-13-14(9-11)25-10-24-13/h7-9H,2-6,10H2,1H3,(H2,20,21,26). The molecule has 0 amide bonds. The molecule has 0 fully saturated rings. The third-order valence-electron chi connectivity index (χ3n) is 4.51. The predicted octanol–water partition coefficient (Wildman–Crippen LogP) is 4.34. The third kappa shape index (κ3) is 3.72. The van der Waals surface area contributed by atoms with Crippen LogP contribution in [-0.4, -0.2) is 24.5 Å². The average Bonchev–Trinajstić information content (AvgIpc) is 3.25. The molecule has 2 aliphatic rings. The quantitative estimate of drug-likeness (QED) is 0.580. The largest absolute Gasteiger partial charge is 0.462 e. The van der Waals surface area contributed by atoms with Gasteiger partial charge in [-0.2, -0.15) is 0 Å². The zero-order valence-corrected chi connectivity index (χ0v) is 16.6. The Morgan fingerprint density at radius 2 is 2.04 bits per heavy atom. The van der Waals surface area contributed by atoms with Crippen molar-refractivity contribution in [3.05, 3.63) is 34.2 Å². The summed E-state index contributed by atoms with van der Waals surface area (Å²) in [6, 6.07) is 5.54. The third-order valence-corrected chi connectivity index (χ3v) is 5.92. The molecule has 142 valence electrons. The van der Waals surface area contributed by atoms with E-state index in [0.29, 0.717) is 23.0 Å². The summed E-state index contributed by atoms with van der Waals surface area (Å²) in [4.78, 5) is 13.8. The van der Waals surface area contributed by atoms with Crippen LogP contribution in [0.5, 0.6) is 11.5 Å². The summed E-state index contributed by atoms with van der Waals surface area (Å²) in [6.45, 7) is 2.39. The lowest BCUT2D eigenvalue weighted by atomic mass is 9.95. The van der Waals surface area contributed by atoms with Gasteiger partial charge >= 0.3 is 5.97 Å². The van der Waals surface area contributed by atoms with Gasteiger partial charge in [-0.25, -0.2) is 4.79 Å². The molecule has 2 aromatic rings. The Kier molecular flexibility index (Phi) is 5.18. The molecule has 27 heavy (non-hydrogen) atoms. The first-order valence-electron chi connectivity index (χ1n) is 8.95. The van der Waals surface area contributed by atoms with E-state index in [0.717, 1.165) is 47.7 Å². The maximum Gasteiger partial charge on any atom is 0.341 e. The molecular weight excluding hydrogens is 384 g/mol. The Hall–Kier alpha value is -2.32. The number of fused-ring (bicyclic) bond motifs is 2. The minimum absolute atomic E-state index is 0.227. The van der Waals surface area contributed by atoms with Crippen LogP contribution in [-0.2, 0) is 17.6 Å². The molecule has 0 unspecified atom stereocenters. The van der Waals surface area contributed by atoms with Gasteiger partial charge in [0.15, 0.2) is 16.6 Å². The molecule has 2 N–H and O–H groups in total. The fraction of sp³-hybridized carbons (Fsp3) is 0.368. The molecular formula is C19H20N2O4S2. The van der Waals surface area contributed by atoms with Gasteiger partial charge in [0.1, 0.15) is 5.00 Å². The second-order valence-corrected chi connectivity index (χ2v) is 7.80. The van der Waals surface area contributed by atoms with E-state index in [1.807, 2.05) is 25.1 Å². The second-order valence-electron chi connectivity index (χ2n) is 6.28. The predicted molar refractivity (Wildman–Crippen MR) is 109 cm³/mol. The van der Waals surface area contributed by atoms with Gasteiger partial charge in [-0.3, -0.25) is 0 Å². The molecule has 4 rings (SSSR count). The first-order valence-corrected chi connectivity index (χ1v) is 10.2. The molecule has 0 radical (unpaired) electrons. The van der Waals surface area contributed by atoms with E-state index in [1.54, 1.807) is 11.3 Å². The van der Waals surface area contributed by atoms with E-state index < -0.39 is 0 Å². The molecule has 6 nitrogen and oxygen atoms in total. The van der Waals surface area contributed by atoms with E-state index in [-0.39, 0.29) is 12.8 Å². The summed E-state index contributed by atoms with van der Waals surface area (Å²) in [5.74, 6) is 1.11. The normalized spacial score (nSPS) is 14.4. The molecule has 0 atom stereocenters. The number of thiocarbonyl (C=S) groups is 1. The minimum Gasteiger partial charge on any atom is -0.462 e. The number of hydrogen-bond acceptors (Lipinski definition) is 6. The van der Waals surface area contributed by atoms with Crippen LogP contribution < -0.4 is 20.1 Å². The maximum atomic E-state index is 12.5. The monoisotopic (exact) mass is 404 g/mol. The van der Waals surface area contributed by atoms with Gasteiger partial charge in [-0.15, -0.1) is 11.3 Å². The number of rotatable bonds is 4. The zero-order valence-electron chi connectivity index (χ0n) is 14.9. The molecule has 0 bridgehead atoms. The SMILES string of the molecule is CCOC(=O)c1c(NC(=S)Nc2ccc3c(c2)OCO3)sc2c1CCCC2. The number of esters is 1. The zero-order chi connectivity index (χ0) is 18.8. The van der Waals surface area contributed by atoms with Gasteiger partial charge in [0, 0.05) is 16.6 Å². The van der Waals surface area contributed by atoms with Crippen molar-refractivity contribution in [3.63, 3.8) is 0 Å². The summed E-state index contributed by atoms with van der Waals surface area (Å²) in [6.07, 6.45) is 4.14. The molecule has 0 spiro atoms. The van der Waals surface area contributed by atoms with Crippen molar-refractivity contribution in [2.45, 2.75) is 32.6 Å². The molecule has 2 heterocycles. The van der Waals surface area contributed by atoms with Crippen LogP contribution in [0.25, 0.3) is 0 Å². The highest BCUT2D eigenvalue weighted by Gasteiger charge is 2.26. The fourth-order valence-electron chi connectivity index (χ4n) is 3.31. The van der Waals surface area contributed by atoms with Crippen molar-refractivity contribution in [1.29, 1.82) is 0 Å². The van der Waals surface area contributed by atoms with Crippen molar-refractivity contribution in [1.82, 2.24) is 0 Å². The fourth-order valence-corrected chi connectivity index (χ4v) is 4.88. The summed E-state index contributed by atoms with van der Waals surface area (Å²) < 4.78 is 16.0. The van der Waals surface area contributed by atoms with Crippen LogP contribution in [0.2, 0.25) is 0 Å². The molecule has 8 heteroatoms. The summed E-state index contributed by atoms with van der Waals surface area (Å²) >= 11 is 7.05. The molecule has 1 aliphatic carbocycles. The number of anilines is 2. The van der Waals surface area contributed by atoms with Gasteiger partial charge in [-0.1, -0.05) is 0 Å². The van der Waals surface area contributed by atoms with E-state index in [2.05, 4.69) is 10.6 Å². The lowest BCUT2D eigenvalue weighted by Gasteiger charge is -2.13. The van der Waals surface area contributed by atoms with Gasteiger partial charge in [-0.05, 0) is 62.5 Å². The van der Waals surface area contributed by atoms with E-state index in [4.69, 9.17) is 26.4 Å². The highest BCUT2D eigenvalue weighted by molar-refractivity contribution is 7.80. The highest BCUT2D eigenvalue weighted by atomic mass is 32.1. The second kappa shape index (κ2) is 7.74. The van der Waals surface area contributed by atoms with Crippen molar-refractivity contribution in [2.24, 2.45) is 0 Å². The van der Waals surface area contributed by atoms with Crippen LogP contribution in [0.4, 0.5) is 10.7 Å². The maximum absolute atomic E-state index is 12.5. The Morgan fingerprint density at radius 1 is 1.22 bits per heavy atom. The summed E-state index contributed by atoms with van der Waals surface area (Å²) in [5.41, 5.74) is 2.53. The number of carbonyl (C=O) groups is 1. The van der Waals surface area contributed by atoms with Crippen LogP contribution in [0.15, 0.2) is 18.2 Å². The van der Waals surface area contributed by atoms with Crippen molar-refractivity contribution >= 4 is 45.3 Å². The van der Waals surface area contributed by atoms with Crippen LogP contribution in [0, 0.1) is 0 Å². The smallest absolute Gasteiger partial charge is 0.341 e. The van der Waals surface area contributed by atoms with Crippen LogP contribution in [0.3, 0.4) is 0 Å². The van der Waals surface area contributed by atoms with E-state index >= 15 is 0 Å². The van der Waals surface area contributed by atoms with Crippen LogP contribution in [0.1, 0.15) is 40.6 Å². The number of carbonyl (C=O) groups excluding carboxylic acids is 1. The number of nitrogens with one attached hydrogen (secondary N) is 2. The Balaban J connectivity index is 1.53. The lowest BCUT2D eigenvalue weighted by Crippen LogP contribution is -2.20. The molecule has 0 saturated carbocycles. The van der Waals surface area contributed by atoms with Crippen molar-refractivity contribution in [3.8, 4) is 11.5 Å². The molecule has 1 aliphatic heterocycles. The Bertz CT molecular complexity index is 894. The minimum atomic E-state index is -0.287. The van der Waals surface area contributed by atoms with E-state index in [9.17, 15) is 4.79 Å². The number of ether oxygens (including phenoxy) is 3. The molecule has 0 saturated heterocycles. The Labute approximate surface area is 166 Å². The van der Waals surface area contributed by atoms with Crippen LogP contribution >= 0.6 is 23.6 Å². The number of benzene rings is 1. The number of aryl methyl sites for hydroxylation is 1. The highest BCUT2D eigenvalue weighted by Crippen LogP contribution is 2.39. The Morgan fingerprint density at radius 3 is 2.89 bits per heavy atom. The van der Waals surface area contributed by atoms with E-state index in [1.165, 1.54) is 4.88 Å².